The minimum absolute atomic E-state index is 0.0196. The molecule has 2 N–H and O–H groups in total. The van der Waals surface area contributed by atoms with Crippen molar-refractivity contribution in [2.24, 2.45) is 0 Å². The van der Waals surface area contributed by atoms with Crippen molar-refractivity contribution in [3.8, 4) is 5.75 Å². The highest BCUT2D eigenvalue weighted by Gasteiger charge is 2.32. The second-order valence-electron chi connectivity index (χ2n) is 9.09. The molecule has 0 radical (unpaired) electrons. The van der Waals surface area contributed by atoms with Crippen molar-refractivity contribution in [1.82, 2.24) is 20.2 Å². The average molecular weight is 499 g/mol. The molecule has 7 nitrogen and oxygen atoms in total. The van der Waals surface area contributed by atoms with Gasteiger partial charge in [0, 0.05) is 35.3 Å². The fourth-order valence-corrected chi connectivity index (χ4v) is 5.15. The van der Waals surface area contributed by atoms with E-state index in [-0.39, 0.29) is 17.0 Å². The lowest BCUT2D eigenvalue weighted by molar-refractivity contribution is -0.126. The number of rotatable bonds is 7. The summed E-state index contributed by atoms with van der Waals surface area (Å²) in [5, 5.41) is 6.99. The highest BCUT2D eigenvalue weighted by Crippen LogP contribution is 2.33. The normalized spacial score (nSPS) is 20.1. The fraction of sp³-hybridized carbons (Fsp3) is 0.423. The van der Waals surface area contributed by atoms with Crippen molar-refractivity contribution < 1.29 is 15.3 Å². The lowest BCUT2D eigenvalue weighted by atomic mass is 10.1. The number of nitrogens with zero attached hydrogens (tertiary/aromatic N) is 3. The third-order valence-electron chi connectivity index (χ3n) is 6.77. The van der Waals surface area contributed by atoms with Crippen LogP contribution in [0.2, 0.25) is 5.02 Å². The van der Waals surface area contributed by atoms with Gasteiger partial charge in [0.25, 0.3) is 0 Å². The number of amides is 1. The summed E-state index contributed by atoms with van der Waals surface area (Å²) in [5.74, 6) is 0.675. The van der Waals surface area contributed by atoms with Gasteiger partial charge in [0.05, 0.1) is 25.1 Å². The lowest BCUT2D eigenvalue weighted by Gasteiger charge is -2.26. The molecule has 9 heteroatoms. The third-order valence-corrected chi connectivity index (χ3v) is 7.06. The van der Waals surface area contributed by atoms with Crippen molar-refractivity contribution in [2.45, 2.75) is 57.1 Å². The Morgan fingerprint density at radius 1 is 1.23 bits per heavy atom. The molecular formula is C26H29ClFN5O2. The van der Waals surface area contributed by atoms with Crippen LogP contribution in [0, 0.1) is 5.82 Å². The molecule has 1 aliphatic heterocycles. The molecule has 35 heavy (non-hydrogen) atoms. The number of nitrogens with one attached hydrogen (secondary N) is 2. The van der Waals surface area contributed by atoms with Crippen molar-refractivity contribution in [2.75, 3.05) is 19.0 Å². The molecule has 1 saturated heterocycles. The average Bonchev–Trinajstić information content (AvgIpc) is 3.50. The number of hydrogen-bond donors (Lipinski definition) is 2. The van der Waals surface area contributed by atoms with Crippen LogP contribution in [0.15, 0.2) is 36.7 Å². The minimum atomic E-state index is -0.840. The van der Waals surface area contributed by atoms with Crippen LogP contribution >= 0.6 is 11.6 Å². The Balaban J connectivity index is 1.41. The van der Waals surface area contributed by atoms with Crippen LogP contribution in [0.5, 0.6) is 5.75 Å². The van der Waals surface area contributed by atoms with Gasteiger partial charge in [0.15, 0.2) is 0 Å². The van der Waals surface area contributed by atoms with Gasteiger partial charge in [-0.15, -0.1) is 0 Å². The summed E-state index contributed by atoms with van der Waals surface area (Å²) in [6.45, 7) is 1.30. The van der Waals surface area contributed by atoms with Gasteiger partial charge in [-0.1, -0.05) is 24.4 Å². The molecule has 1 aliphatic carbocycles. The van der Waals surface area contributed by atoms with Crippen LogP contribution in [0.25, 0.3) is 10.9 Å². The number of ether oxygens (including phenoxy) is 1. The SMILES string of the molecule is [2H]C1(NC(=O)[C@@H]2CCCN2Cc2cc3c(Nc4ccc(F)c(Cl)c4)ncnc3cc2OC)CCCC1. The number of methoxy groups -OCH3 is 1. The zero-order valence-electron chi connectivity index (χ0n) is 20.6. The number of halogens is 2. The van der Waals surface area contributed by atoms with Crippen molar-refractivity contribution in [3.63, 3.8) is 0 Å². The summed E-state index contributed by atoms with van der Waals surface area (Å²) >= 11 is 5.95. The van der Waals surface area contributed by atoms with Crippen molar-refractivity contribution in [3.05, 3.63) is 53.1 Å². The first-order valence-corrected chi connectivity index (χ1v) is 12.3. The van der Waals surface area contributed by atoms with Crippen LogP contribution < -0.4 is 15.4 Å². The van der Waals surface area contributed by atoms with Gasteiger partial charge in [-0.05, 0) is 56.5 Å². The van der Waals surface area contributed by atoms with Crippen LogP contribution in [0.4, 0.5) is 15.9 Å². The Hall–Kier alpha value is -2.97. The zero-order valence-corrected chi connectivity index (χ0v) is 20.4. The first kappa shape index (κ1) is 22.5. The van der Waals surface area contributed by atoms with Crippen LogP contribution in [0.1, 0.15) is 45.5 Å². The number of anilines is 2. The number of aromatic nitrogens is 2. The Bertz CT molecular complexity index is 1290. The Morgan fingerprint density at radius 3 is 2.83 bits per heavy atom. The van der Waals surface area contributed by atoms with Gasteiger partial charge in [-0.2, -0.15) is 0 Å². The van der Waals surface area contributed by atoms with Gasteiger partial charge in [-0.3, -0.25) is 9.69 Å². The molecule has 2 aliphatic rings. The van der Waals surface area contributed by atoms with E-state index in [4.69, 9.17) is 17.7 Å². The fourth-order valence-electron chi connectivity index (χ4n) is 4.97. The molecule has 1 aromatic heterocycles. The van der Waals surface area contributed by atoms with E-state index in [1.165, 1.54) is 18.5 Å². The molecule has 0 unspecified atom stereocenters. The van der Waals surface area contributed by atoms with E-state index in [0.717, 1.165) is 43.2 Å². The standard InChI is InChI=1S/C26H29ClFN5O2/c1-35-24-13-22-19(25(30-15-29-22)31-18-8-9-21(28)20(27)12-18)11-16(24)14-33-10-4-7-23(33)26(34)32-17-5-2-3-6-17/h8-9,11-13,15,17,23H,2-7,10,14H2,1H3,(H,32,34)(H,29,30,31)/t23-/m0/s1/i17D. The summed E-state index contributed by atoms with van der Waals surface area (Å²) in [5.41, 5.74) is 2.20. The van der Waals surface area contributed by atoms with Gasteiger partial charge in [-0.25, -0.2) is 14.4 Å². The Morgan fingerprint density at radius 2 is 2.06 bits per heavy atom. The quantitative estimate of drug-likeness (QED) is 0.466. The molecule has 2 fully saturated rings. The summed E-state index contributed by atoms with van der Waals surface area (Å²) < 4.78 is 27.8. The van der Waals surface area contributed by atoms with Crippen LogP contribution in [-0.4, -0.2) is 46.5 Å². The van der Waals surface area contributed by atoms with Gasteiger partial charge in [0.2, 0.25) is 5.91 Å². The highest BCUT2D eigenvalue weighted by molar-refractivity contribution is 6.31. The number of hydrogen-bond acceptors (Lipinski definition) is 6. The van der Waals surface area contributed by atoms with E-state index in [0.29, 0.717) is 42.2 Å². The monoisotopic (exact) mass is 498 g/mol. The topological polar surface area (TPSA) is 79.4 Å². The molecule has 1 atom stereocenters. The highest BCUT2D eigenvalue weighted by atomic mass is 35.5. The molecule has 1 saturated carbocycles. The van der Waals surface area contributed by atoms with E-state index in [1.54, 1.807) is 13.2 Å². The Kier molecular flexibility index (Phi) is 6.64. The minimum Gasteiger partial charge on any atom is -0.496 e. The summed E-state index contributed by atoms with van der Waals surface area (Å²) in [6.07, 6.45) is 6.51. The smallest absolute Gasteiger partial charge is 0.237 e. The maximum atomic E-state index is 13.6. The van der Waals surface area contributed by atoms with Gasteiger partial charge >= 0.3 is 0 Å². The second kappa shape index (κ2) is 10.3. The molecule has 0 bridgehead atoms. The second-order valence-corrected chi connectivity index (χ2v) is 9.49. The first-order chi connectivity index (χ1) is 17.3. The van der Waals surface area contributed by atoms with Gasteiger partial charge < -0.3 is 15.4 Å². The summed E-state index contributed by atoms with van der Waals surface area (Å²) in [7, 11) is 1.61. The van der Waals surface area contributed by atoms with Gasteiger partial charge in [0.1, 0.15) is 23.7 Å². The Labute approximate surface area is 210 Å². The summed E-state index contributed by atoms with van der Waals surface area (Å²) in [4.78, 5) is 24.0. The van der Waals surface area contributed by atoms with E-state index >= 15 is 0 Å². The predicted octanol–water partition coefficient (Wildman–Crippen LogP) is 5.20. The van der Waals surface area contributed by atoms with Crippen LogP contribution in [-0.2, 0) is 11.3 Å². The number of fused-ring (bicyclic) bond motifs is 1. The molecular weight excluding hydrogens is 469 g/mol. The third kappa shape index (κ3) is 5.18. The number of benzene rings is 2. The zero-order chi connectivity index (χ0) is 25.3. The largest absolute Gasteiger partial charge is 0.496 e. The number of carbonyl (C=O) groups excluding carboxylic acids is 1. The number of likely N-dealkylation sites (tertiary alicyclic amines) is 1. The molecule has 5 rings (SSSR count). The van der Waals surface area contributed by atoms with E-state index in [1.807, 2.05) is 12.1 Å². The van der Waals surface area contributed by atoms with Crippen molar-refractivity contribution >= 4 is 39.9 Å². The molecule has 2 aromatic carbocycles. The summed E-state index contributed by atoms with van der Waals surface area (Å²) in [6, 6.07) is 7.11. The maximum Gasteiger partial charge on any atom is 0.237 e. The molecule has 0 spiro atoms. The molecule has 3 aromatic rings. The van der Waals surface area contributed by atoms with Crippen molar-refractivity contribution in [1.29, 1.82) is 0 Å². The molecule has 1 amide bonds. The number of carbonyl (C=O) groups is 1. The first-order valence-electron chi connectivity index (χ1n) is 12.4. The molecule has 2 heterocycles. The lowest BCUT2D eigenvalue weighted by Crippen LogP contribution is -2.46. The predicted molar refractivity (Wildman–Crippen MR) is 135 cm³/mol. The molecule has 184 valence electrons. The maximum absolute atomic E-state index is 13.6. The van der Waals surface area contributed by atoms with E-state index < -0.39 is 11.8 Å². The van der Waals surface area contributed by atoms with Crippen LogP contribution in [0.3, 0.4) is 0 Å². The van der Waals surface area contributed by atoms with E-state index in [2.05, 4.69) is 25.5 Å². The van der Waals surface area contributed by atoms with E-state index in [9.17, 15) is 9.18 Å².